The minimum atomic E-state index is -0.614. The molecule has 0 amide bonds. The van der Waals surface area contributed by atoms with E-state index in [2.05, 4.69) is 13.8 Å². The van der Waals surface area contributed by atoms with E-state index in [0.717, 1.165) is 31.6 Å². The smallest absolute Gasteiger partial charge is 0.306 e. The summed E-state index contributed by atoms with van der Waals surface area (Å²) in [4.78, 5) is 10.8. The summed E-state index contributed by atoms with van der Waals surface area (Å²) in [5, 5.41) is 8.91. The van der Waals surface area contributed by atoms with Gasteiger partial charge in [0, 0.05) is 0 Å². The molecule has 0 bridgehead atoms. The summed E-state index contributed by atoms with van der Waals surface area (Å²) in [5.74, 6) is 0.0213. The number of hydrogen-bond acceptors (Lipinski definition) is 1. The molecule has 1 N–H and O–H groups in total. The van der Waals surface area contributed by atoms with Crippen molar-refractivity contribution in [3.63, 3.8) is 0 Å². The average Bonchev–Trinajstić information content (AvgIpc) is 2.09. The summed E-state index contributed by atoms with van der Waals surface area (Å²) in [7, 11) is 0. The lowest BCUT2D eigenvalue weighted by molar-refractivity contribution is -0.142. The van der Waals surface area contributed by atoms with Crippen molar-refractivity contribution in [2.75, 3.05) is 0 Å². The molecule has 0 aromatic heterocycles. The Labute approximate surface area is 87.7 Å². The first-order chi connectivity index (χ1) is 6.57. The van der Waals surface area contributed by atoms with Crippen molar-refractivity contribution in [2.24, 2.45) is 11.8 Å². The van der Waals surface area contributed by atoms with Crippen LogP contribution in [0, 0.1) is 11.8 Å². The molecule has 0 saturated carbocycles. The molecule has 0 aliphatic heterocycles. The van der Waals surface area contributed by atoms with E-state index >= 15 is 0 Å². The Kier molecular flexibility index (Phi) is 7.54. The normalized spacial score (nSPS) is 13.1. The first kappa shape index (κ1) is 13.5. The van der Waals surface area contributed by atoms with Crippen molar-refractivity contribution in [1.82, 2.24) is 0 Å². The molecular formula is C12H24O2. The molecule has 0 aliphatic carbocycles. The van der Waals surface area contributed by atoms with Gasteiger partial charge in [0.15, 0.2) is 0 Å². The number of carboxylic acid groups (broad SMARTS) is 1. The molecular weight excluding hydrogens is 176 g/mol. The summed E-state index contributed by atoms with van der Waals surface area (Å²) < 4.78 is 0. The zero-order valence-corrected chi connectivity index (χ0v) is 9.75. The number of carboxylic acids is 1. The maximum absolute atomic E-state index is 10.8. The maximum Gasteiger partial charge on any atom is 0.306 e. The van der Waals surface area contributed by atoms with Gasteiger partial charge in [0.25, 0.3) is 0 Å². The standard InChI is InChI=1S/C12H24O2/c1-4-7-11(12(13)14)9-6-5-8-10(2)3/h10-11H,4-9H2,1-3H3,(H,13,14). The molecule has 1 atom stereocenters. The molecule has 2 nitrogen and oxygen atoms in total. The van der Waals surface area contributed by atoms with Crippen molar-refractivity contribution in [1.29, 1.82) is 0 Å². The van der Waals surface area contributed by atoms with E-state index < -0.39 is 5.97 Å². The van der Waals surface area contributed by atoms with Crippen LogP contribution in [0.1, 0.15) is 59.3 Å². The largest absolute Gasteiger partial charge is 0.481 e. The topological polar surface area (TPSA) is 37.3 Å². The van der Waals surface area contributed by atoms with Crippen LogP contribution in [-0.2, 0) is 4.79 Å². The summed E-state index contributed by atoms with van der Waals surface area (Å²) in [6, 6.07) is 0. The predicted octanol–water partition coefficient (Wildman–Crippen LogP) is 3.70. The molecule has 2 heteroatoms. The average molecular weight is 200 g/mol. The molecule has 0 fully saturated rings. The van der Waals surface area contributed by atoms with Gasteiger partial charge in [0.1, 0.15) is 0 Å². The van der Waals surface area contributed by atoms with Gasteiger partial charge in [-0.25, -0.2) is 0 Å². The van der Waals surface area contributed by atoms with Gasteiger partial charge in [-0.2, -0.15) is 0 Å². The fourth-order valence-corrected chi connectivity index (χ4v) is 1.68. The van der Waals surface area contributed by atoms with Crippen LogP contribution in [0.15, 0.2) is 0 Å². The van der Waals surface area contributed by atoms with E-state index in [0.29, 0.717) is 0 Å². The molecule has 14 heavy (non-hydrogen) atoms. The molecule has 0 aromatic rings. The fraction of sp³-hybridized carbons (Fsp3) is 0.917. The molecule has 0 aliphatic rings. The Balaban J connectivity index is 3.56. The van der Waals surface area contributed by atoms with Crippen molar-refractivity contribution in [3.05, 3.63) is 0 Å². The van der Waals surface area contributed by atoms with Crippen LogP contribution in [0.2, 0.25) is 0 Å². The number of rotatable bonds is 8. The third-order valence-electron chi connectivity index (χ3n) is 2.57. The lowest BCUT2D eigenvalue weighted by atomic mass is 9.95. The first-order valence-electron chi connectivity index (χ1n) is 5.80. The lowest BCUT2D eigenvalue weighted by Gasteiger charge is -2.11. The summed E-state index contributed by atoms with van der Waals surface area (Å²) in [5.41, 5.74) is 0. The molecule has 84 valence electrons. The Morgan fingerprint density at radius 1 is 1.14 bits per heavy atom. The molecule has 0 spiro atoms. The number of unbranched alkanes of at least 4 members (excludes halogenated alkanes) is 1. The first-order valence-corrected chi connectivity index (χ1v) is 5.80. The number of carbonyl (C=O) groups is 1. The van der Waals surface area contributed by atoms with Crippen LogP contribution in [-0.4, -0.2) is 11.1 Å². The molecule has 0 saturated heterocycles. The van der Waals surface area contributed by atoms with E-state index in [4.69, 9.17) is 5.11 Å². The molecule has 0 rings (SSSR count). The molecule has 0 radical (unpaired) electrons. The minimum Gasteiger partial charge on any atom is -0.481 e. The zero-order valence-electron chi connectivity index (χ0n) is 9.75. The summed E-state index contributed by atoms with van der Waals surface area (Å²) in [6.07, 6.45) is 6.12. The van der Waals surface area contributed by atoms with Crippen LogP contribution in [0.3, 0.4) is 0 Å². The Bertz CT molecular complexity index is 152. The maximum atomic E-state index is 10.8. The van der Waals surface area contributed by atoms with Crippen molar-refractivity contribution < 1.29 is 9.90 Å². The Hall–Kier alpha value is -0.530. The Morgan fingerprint density at radius 2 is 1.71 bits per heavy atom. The lowest BCUT2D eigenvalue weighted by Crippen LogP contribution is -2.13. The second-order valence-corrected chi connectivity index (χ2v) is 4.50. The highest BCUT2D eigenvalue weighted by molar-refractivity contribution is 5.69. The molecule has 0 aromatic carbocycles. The molecule has 0 heterocycles. The van der Waals surface area contributed by atoms with E-state index in [1.807, 2.05) is 6.92 Å². The van der Waals surface area contributed by atoms with E-state index in [-0.39, 0.29) is 5.92 Å². The van der Waals surface area contributed by atoms with Crippen molar-refractivity contribution >= 4 is 5.97 Å². The van der Waals surface area contributed by atoms with Gasteiger partial charge in [-0.05, 0) is 18.8 Å². The third kappa shape index (κ3) is 6.93. The third-order valence-corrected chi connectivity index (χ3v) is 2.57. The zero-order chi connectivity index (χ0) is 11.0. The summed E-state index contributed by atoms with van der Waals surface area (Å²) in [6.45, 7) is 6.46. The minimum absolute atomic E-state index is 0.104. The van der Waals surface area contributed by atoms with Gasteiger partial charge in [0.05, 0.1) is 5.92 Å². The highest BCUT2D eigenvalue weighted by atomic mass is 16.4. The van der Waals surface area contributed by atoms with Gasteiger partial charge >= 0.3 is 5.97 Å². The van der Waals surface area contributed by atoms with Crippen molar-refractivity contribution in [3.8, 4) is 0 Å². The van der Waals surface area contributed by atoms with Gasteiger partial charge in [-0.3, -0.25) is 4.79 Å². The van der Waals surface area contributed by atoms with Crippen LogP contribution in [0.4, 0.5) is 0 Å². The van der Waals surface area contributed by atoms with Crippen LogP contribution >= 0.6 is 0 Å². The van der Waals surface area contributed by atoms with Crippen LogP contribution in [0.5, 0.6) is 0 Å². The van der Waals surface area contributed by atoms with Gasteiger partial charge in [-0.1, -0.05) is 46.5 Å². The van der Waals surface area contributed by atoms with Gasteiger partial charge in [0.2, 0.25) is 0 Å². The van der Waals surface area contributed by atoms with Gasteiger partial charge in [-0.15, -0.1) is 0 Å². The highest BCUT2D eigenvalue weighted by Crippen LogP contribution is 2.17. The van der Waals surface area contributed by atoms with E-state index in [1.165, 1.54) is 12.8 Å². The van der Waals surface area contributed by atoms with Crippen LogP contribution in [0.25, 0.3) is 0 Å². The Morgan fingerprint density at radius 3 is 2.14 bits per heavy atom. The highest BCUT2D eigenvalue weighted by Gasteiger charge is 2.15. The fourth-order valence-electron chi connectivity index (χ4n) is 1.68. The van der Waals surface area contributed by atoms with E-state index in [1.54, 1.807) is 0 Å². The second-order valence-electron chi connectivity index (χ2n) is 4.50. The number of hydrogen-bond donors (Lipinski definition) is 1. The quantitative estimate of drug-likeness (QED) is 0.606. The summed E-state index contributed by atoms with van der Waals surface area (Å²) >= 11 is 0. The van der Waals surface area contributed by atoms with Gasteiger partial charge < -0.3 is 5.11 Å². The molecule has 1 unspecified atom stereocenters. The van der Waals surface area contributed by atoms with E-state index in [9.17, 15) is 4.79 Å². The number of aliphatic carboxylic acids is 1. The van der Waals surface area contributed by atoms with Crippen LogP contribution < -0.4 is 0 Å². The SMILES string of the molecule is CCCC(CCCCC(C)C)C(=O)O. The predicted molar refractivity (Wildman–Crippen MR) is 59.3 cm³/mol. The monoisotopic (exact) mass is 200 g/mol. The second kappa shape index (κ2) is 7.84. The van der Waals surface area contributed by atoms with Crippen molar-refractivity contribution in [2.45, 2.75) is 59.3 Å².